The maximum absolute atomic E-state index is 8.51. The summed E-state index contributed by atoms with van der Waals surface area (Å²) < 4.78 is 1.26. The Morgan fingerprint density at radius 3 is 2.25 bits per heavy atom. The van der Waals surface area contributed by atoms with Gasteiger partial charge in [0.1, 0.15) is 0 Å². The third kappa shape index (κ3) is 3.30. The molecule has 2 heteroatoms. The van der Waals surface area contributed by atoms with Gasteiger partial charge in [0, 0.05) is 0 Å². The second-order valence-electron chi connectivity index (χ2n) is 2.06. The molecule has 0 aliphatic rings. The molecule has 0 bridgehead atoms. The fraction of sp³-hybridized carbons (Fsp3) is 0.833. The number of nitriles is 1. The molecule has 0 aliphatic heterocycles. The molecule has 0 aromatic heterocycles. The third-order valence-corrected chi connectivity index (χ3v) is 3.92. The molecule has 0 atom stereocenters. The van der Waals surface area contributed by atoms with Crippen LogP contribution in [0.5, 0.6) is 0 Å². The number of nitrogens with zero attached hydrogens (tertiary/aromatic N) is 1. The molecule has 0 amide bonds. The zero-order chi connectivity index (χ0) is 6.62. The van der Waals surface area contributed by atoms with Crippen molar-refractivity contribution in [3.63, 3.8) is 0 Å². The van der Waals surface area contributed by atoms with Crippen LogP contribution in [0, 0.1) is 11.3 Å². The standard InChI is InChI=1S/C6H11NTe/c1-4-8-6(2,3)5-7/h4H2,1-3H3. The Kier molecular flexibility index (Phi) is 3.45. The van der Waals surface area contributed by atoms with E-state index in [1.807, 2.05) is 13.8 Å². The van der Waals surface area contributed by atoms with Crippen LogP contribution in [0.1, 0.15) is 20.8 Å². The van der Waals surface area contributed by atoms with Crippen molar-refractivity contribution in [2.75, 3.05) is 0 Å². The molecule has 0 heterocycles. The fourth-order valence-corrected chi connectivity index (χ4v) is 2.64. The van der Waals surface area contributed by atoms with Gasteiger partial charge in [-0.05, 0) is 0 Å². The quantitative estimate of drug-likeness (QED) is 0.657. The molecule has 0 aliphatic carbocycles. The van der Waals surface area contributed by atoms with E-state index in [1.165, 1.54) is 4.47 Å². The Labute approximate surface area is 61.2 Å². The molecule has 0 rings (SSSR count). The summed E-state index contributed by atoms with van der Waals surface area (Å²) in [5.41, 5.74) is 0. The number of hydrogen-bond acceptors (Lipinski definition) is 1. The number of hydrogen-bond donors (Lipinski definition) is 0. The van der Waals surface area contributed by atoms with Crippen LogP contribution in [0.2, 0.25) is 7.93 Å². The van der Waals surface area contributed by atoms with Crippen LogP contribution in [0.25, 0.3) is 0 Å². The molecule has 0 radical (unpaired) electrons. The first-order valence-electron chi connectivity index (χ1n) is 2.67. The molecule has 1 nitrogen and oxygen atoms in total. The van der Waals surface area contributed by atoms with Crippen LogP contribution in [-0.4, -0.2) is 20.9 Å². The topological polar surface area (TPSA) is 23.8 Å². The van der Waals surface area contributed by atoms with Gasteiger partial charge < -0.3 is 0 Å². The summed E-state index contributed by atoms with van der Waals surface area (Å²) in [5.74, 6) is 0. The van der Waals surface area contributed by atoms with Crippen LogP contribution >= 0.6 is 0 Å². The first-order valence-corrected chi connectivity index (χ1v) is 5.49. The predicted molar refractivity (Wildman–Crippen MR) is 35.9 cm³/mol. The first-order chi connectivity index (χ1) is 3.62. The second-order valence-corrected chi connectivity index (χ2v) is 7.44. The fourth-order valence-electron chi connectivity index (χ4n) is 0.393. The van der Waals surface area contributed by atoms with Crippen molar-refractivity contribution < 1.29 is 0 Å². The van der Waals surface area contributed by atoms with E-state index in [0.717, 1.165) is 0 Å². The molecule has 0 aromatic rings. The zero-order valence-electron chi connectivity index (χ0n) is 5.56. The Balaban J connectivity index is 3.59. The second kappa shape index (κ2) is 3.33. The normalized spacial score (nSPS) is 10.8. The summed E-state index contributed by atoms with van der Waals surface area (Å²) in [7, 11) is 0. The maximum atomic E-state index is 8.51. The van der Waals surface area contributed by atoms with Crippen LogP contribution in [0.3, 0.4) is 0 Å². The van der Waals surface area contributed by atoms with Crippen LogP contribution < -0.4 is 0 Å². The van der Waals surface area contributed by atoms with Crippen molar-refractivity contribution in [3.05, 3.63) is 0 Å². The van der Waals surface area contributed by atoms with Crippen molar-refractivity contribution in [2.24, 2.45) is 0 Å². The summed E-state index contributed by atoms with van der Waals surface area (Å²) in [5, 5.41) is 8.51. The van der Waals surface area contributed by atoms with E-state index in [0.29, 0.717) is 0 Å². The van der Waals surface area contributed by atoms with Gasteiger partial charge in [-0.15, -0.1) is 0 Å². The summed E-state index contributed by atoms with van der Waals surface area (Å²) in [4.78, 5) is 0. The van der Waals surface area contributed by atoms with E-state index in [2.05, 4.69) is 13.0 Å². The van der Waals surface area contributed by atoms with Gasteiger partial charge in [0.15, 0.2) is 0 Å². The Bertz CT molecular complexity index is 102. The van der Waals surface area contributed by atoms with Crippen molar-refractivity contribution in [1.82, 2.24) is 0 Å². The Morgan fingerprint density at radius 2 is 2.12 bits per heavy atom. The molecule has 8 heavy (non-hydrogen) atoms. The van der Waals surface area contributed by atoms with Gasteiger partial charge >= 0.3 is 61.0 Å². The van der Waals surface area contributed by atoms with Crippen LogP contribution in [0.4, 0.5) is 0 Å². The molecule has 46 valence electrons. The molecular weight excluding hydrogens is 214 g/mol. The van der Waals surface area contributed by atoms with Crippen molar-refractivity contribution >= 4 is 20.9 Å². The molecule has 0 N–H and O–H groups in total. The average molecular weight is 225 g/mol. The predicted octanol–water partition coefficient (Wildman–Crippen LogP) is 1.85. The number of rotatable bonds is 2. The average Bonchev–Trinajstić information content (AvgIpc) is 1.67. The Morgan fingerprint density at radius 1 is 1.62 bits per heavy atom. The Hall–Kier alpha value is 0.280. The summed E-state index contributed by atoms with van der Waals surface area (Å²) in [6, 6.07) is 2.30. The molecule has 0 fully saturated rings. The van der Waals surface area contributed by atoms with Crippen molar-refractivity contribution in [1.29, 1.82) is 5.26 Å². The van der Waals surface area contributed by atoms with Gasteiger partial charge in [-0.3, -0.25) is 0 Å². The molecule has 0 saturated heterocycles. The van der Waals surface area contributed by atoms with Gasteiger partial charge in [-0.2, -0.15) is 0 Å². The van der Waals surface area contributed by atoms with E-state index < -0.39 is 0 Å². The summed E-state index contributed by atoms with van der Waals surface area (Å²) in [6.45, 7) is 6.21. The van der Waals surface area contributed by atoms with Crippen molar-refractivity contribution in [2.45, 2.75) is 28.7 Å². The monoisotopic (exact) mass is 227 g/mol. The van der Waals surface area contributed by atoms with Crippen molar-refractivity contribution in [3.8, 4) is 6.07 Å². The van der Waals surface area contributed by atoms with Gasteiger partial charge in [-0.1, -0.05) is 0 Å². The van der Waals surface area contributed by atoms with Gasteiger partial charge in [0.05, 0.1) is 0 Å². The van der Waals surface area contributed by atoms with E-state index in [-0.39, 0.29) is 24.4 Å². The molecule has 0 saturated carbocycles. The van der Waals surface area contributed by atoms with E-state index in [1.54, 1.807) is 0 Å². The molecule has 0 spiro atoms. The van der Waals surface area contributed by atoms with E-state index in [4.69, 9.17) is 5.26 Å². The van der Waals surface area contributed by atoms with Crippen LogP contribution in [-0.2, 0) is 0 Å². The van der Waals surface area contributed by atoms with Gasteiger partial charge in [-0.25, -0.2) is 0 Å². The molecule has 0 aromatic carbocycles. The first kappa shape index (κ1) is 8.28. The minimum atomic E-state index is -0.0401. The third-order valence-electron chi connectivity index (χ3n) is 0.774. The summed E-state index contributed by atoms with van der Waals surface area (Å²) >= 11 is -0.0401. The van der Waals surface area contributed by atoms with Gasteiger partial charge in [0.25, 0.3) is 0 Å². The summed E-state index contributed by atoms with van der Waals surface area (Å²) in [6.07, 6.45) is 0. The zero-order valence-corrected chi connectivity index (χ0v) is 7.89. The molecule has 0 unspecified atom stereocenters. The SMILES string of the molecule is CC[Te]C(C)(C)C#N. The van der Waals surface area contributed by atoms with E-state index >= 15 is 0 Å². The minimum absolute atomic E-state index is 0.0276. The molecular formula is C6H11NTe. The van der Waals surface area contributed by atoms with Gasteiger partial charge in [0.2, 0.25) is 0 Å². The van der Waals surface area contributed by atoms with Crippen LogP contribution in [0.15, 0.2) is 0 Å². The van der Waals surface area contributed by atoms with E-state index in [9.17, 15) is 0 Å².